The van der Waals surface area contributed by atoms with Crippen LogP contribution in [-0.2, 0) is 0 Å². The van der Waals surface area contributed by atoms with Crippen molar-refractivity contribution >= 4 is 37.7 Å². The molecule has 0 aromatic heterocycles. The molecule has 0 spiro atoms. The molecule has 14 heteroatoms. The van der Waals surface area contributed by atoms with Crippen LogP contribution in [-0.4, -0.2) is 37.7 Å². The van der Waals surface area contributed by atoms with Crippen molar-refractivity contribution in [3.05, 3.63) is 0 Å². The normalized spacial score (nSPS) is 7.71. The largest absolute Gasteiger partial charge is 2.00 e. The van der Waals surface area contributed by atoms with Crippen LogP contribution >= 0.6 is 0 Å². The summed E-state index contributed by atoms with van der Waals surface area (Å²) in [5, 5.41) is 0. The summed E-state index contributed by atoms with van der Waals surface area (Å²) < 4.78 is 75.7. The van der Waals surface area contributed by atoms with Gasteiger partial charge in [-0.3, -0.25) is 0 Å². The van der Waals surface area contributed by atoms with Crippen molar-refractivity contribution in [2.24, 2.45) is 0 Å². The molecule has 0 aromatic rings. The number of rotatable bonds is 0. The molecule has 0 fully saturated rings. The van der Waals surface area contributed by atoms with E-state index in [1.54, 1.807) is 0 Å². The van der Waals surface area contributed by atoms with Gasteiger partial charge in [-0.25, -0.2) is 0 Å². The first kappa shape index (κ1) is 29.6. The van der Waals surface area contributed by atoms with Gasteiger partial charge in [-0.1, -0.05) is 0 Å². The van der Waals surface area contributed by atoms with E-state index in [-0.39, 0.29) is 43.9 Å². The van der Waals surface area contributed by atoms with Gasteiger partial charge in [-0.15, -0.1) is 0 Å². The van der Waals surface area contributed by atoms with Crippen LogP contribution in [0.5, 0.6) is 0 Å². The number of halogens is 3. The second-order valence-electron chi connectivity index (χ2n) is 0.567. The molecular formula is H4CaCl3NO9. The van der Waals surface area contributed by atoms with E-state index >= 15 is 0 Å². The Morgan fingerprint density at radius 2 is 0.429 bits per heavy atom. The minimum Gasteiger partial charge on any atom is -0.369 e. The summed E-state index contributed by atoms with van der Waals surface area (Å²) in [6.07, 6.45) is 0. The van der Waals surface area contributed by atoms with Gasteiger partial charge in [0.05, 0.1) is 32.4 Å². The van der Waals surface area contributed by atoms with Crippen LogP contribution in [0, 0.1) is 32.4 Å². The molecule has 0 heterocycles. The molecule has 0 aliphatic heterocycles. The zero-order chi connectivity index (χ0) is 10.7. The zero-order valence-electron chi connectivity index (χ0n) is 6.52. The van der Waals surface area contributed by atoms with Crippen molar-refractivity contribution in [2.75, 3.05) is 0 Å². The molecule has 0 atom stereocenters. The van der Waals surface area contributed by atoms with Crippen LogP contribution in [0.25, 0.3) is 0 Å². The Hall–Kier alpha value is 1.73. The van der Waals surface area contributed by atoms with Gasteiger partial charge >= 0.3 is 37.7 Å². The van der Waals surface area contributed by atoms with Crippen molar-refractivity contribution in [3.8, 4) is 0 Å². The van der Waals surface area contributed by atoms with Gasteiger partial charge in [-0.2, -0.15) is 0 Å². The molecule has 86 valence electrons. The summed E-state index contributed by atoms with van der Waals surface area (Å²) in [5.41, 5.74) is 0. The Labute approximate surface area is 117 Å². The van der Waals surface area contributed by atoms with Gasteiger partial charge in [0.25, 0.3) is 0 Å². The quantitative estimate of drug-likeness (QED) is 0.416. The summed E-state index contributed by atoms with van der Waals surface area (Å²) in [5.74, 6) is 0. The van der Waals surface area contributed by atoms with Crippen LogP contribution < -0.4 is 48.1 Å². The Morgan fingerprint density at radius 1 is 0.429 bits per heavy atom. The van der Waals surface area contributed by atoms with Crippen LogP contribution in [0.2, 0.25) is 0 Å². The second-order valence-corrected chi connectivity index (χ2v) is 1.70. The van der Waals surface area contributed by atoms with Crippen molar-refractivity contribution < 1.29 is 74.3 Å². The predicted octanol–water partition coefficient (Wildman–Crippen LogP) is -10.7. The Balaban J connectivity index is -0.0000000270. The molecule has 0 aliphatic rings. The van der Waals surface area contributed by atoms with Gasteiger partial charge in [-0.05, 0) is 0 Å². The molecule has 0 saturated heterocycles. The van der Waals surface area contributed by atoms with E-state index in [1.807, 2.05) is 0 Å². The van der Waals surface area contributed by atoms with E-state index < -0.39 is 32.4 Å². The van der Waals surface area contributed by atoms with Gasteiger partial charge in [0.2, 0.25) is 0 Å². The van der Waals surface area contributed by atoms with Gasteiger partial charge < -0.3 is 48.1 Å². The van der Waals surface area contributed by atoms with Crippen LogP contribution in [0.1, 0.15) is 0 Å². The average molecular weight is 308 g/mol. The minimum absolute atomic E-state index is 0. The van der Waals surface area contributed by atoms with Crippen LogP contribution in [0.4, 0.5) is 0 Å². The zero-order valence-corrected chi connectivity index (χ0v) is 11.0. The molecule has 0 radical (unpaired) electrons. The summed E-state index contributed by atoms with van der Waals surface area (Å²) in [4.78, 5) is 0. The van der Waals surface area contributed by atoms with E-state index in [2.05, 4.69) is 0 Å². The molecule has 0 aromatic carbocycles. The smallest absolute Gasteiger partial charge is 0.369 e. The molecule has 0 rings (SSSR count). The maximum atomic E-state index is 8.41. The van der Waals surface area contributed by atoms with E-state index in [9.17, 15) is 0 Å². The van der Waals surface area contributed by atoms with Gasteiger partial charge in [0.1, 0.15) is 0 Å². The molecule has 0 saturated carbocycles. The number of hydrogen-bond acceptors (Lipinski definition) is 9. The molecule has 0 bridgehead atoms. The van der Waals surface area contributed by atoms with Crippen LogP contribution in [0.15, 0.2) is 0 Å². The maximum Gasteiger partial charge on any atom is 2.00 e. The first-order chi connectivity index (χ1) is 5.20. The van der Waals surface area contributed by atoms with E-state index in [4.69, 9.17) is 41.9 Å². The fraction of sp³-hybridized carbons (Fsp3) is 0. The standard InChI is InChI=1S/Ca.3ClO3.H3N/c;3*2-1(3)4;/h;;;;1H3/q+2;3*-1;/p+1. The first-order valence-electron chi connectivity index (χ1n) is 1.39. The van der Waals surface area contributed by atoms with Gasteiger partial charge in [0.15, 0.2) is 0 Å². The molecule has 10 nitrogen and oxygen atoms in total. The third-order valence-corrected chi connectivity index (χ3v) is 0. The topological polar surface area (TPSA) is 244 Å². The van der Waals surface area contributed by atoms with Crippen LogP contribution in [0.3, 0.4) is 0 Å². The fourth-order valence-electron chi connectivity index (χ4n) is 0. The molecule has 14 heavy (non-hydrogen) atoms. The molecular weight excluding hydrogens is 304 g/mol. The summed E-state index contributed by atoms with van der Waals surface area (Å²) >= 11 is 0. The third kappa shape index (κ3) is 744. The monoisotopic (exact) mass is 307 g/mol. The first-order valence-corrected chi connectivity index (χ1v) is 4.17. The maximum absolute atomic E-state index is 8.41. The minimum atomic E-state index is -2.85. The van der Waals surface area contributed by atoms with Crippen molar-refractivity contribution in [1.82, 2.24) is 6.15 Å². The Morgan fingerprint density at radius 3 is 0.429 bits per heavy atom. The summed E-state index contributed by atoms with van der Waals surface area (Å²) in [6.45, 7) is 0. The fourth-order valence-corrected chi connectivity index (χ4v) is 0. The van der Waals surface area contributed by atoms with E-state index in [0.717, 1.165) is 0 Å². The summed E-state index contributed by atoms with van der Waals surface area (Å²) in [7, 11) is -8.56. The van der Waals surface area contributed by atoms with Gasteiger partial charge in [0, 0.05) is 0 Å². The Kier molecular flexibility index (Phi) is 51.1. The second kappa shape index (κ2) is 24.1. The Bertz CT molecular complexity index is 48.5. The number of hydrogen-bond donors (Lipinski definition) is 1. The summed E-state index contributed by atoms with van der Waals surface area (Å²) in [6, 6.07) is 0. The predicted molar refractivity (Wildman–Crippen MR) is 11.7 cm³/mol. The molecule has 0 unspecified atom stereocenters. The van der Waals surface area contributed by atoms with Crippen molar-refractivity contribution in [1.29, 1.82) is 0 Å². The molecule has 4 N–H and O–H groups in total. The number of quaternary nitrogens is 1. The van der Waals surface area contributed by atoms with Crippen molar-refractivity contribution in [3.63, 3.8) is 0 Å². The van der Waals surface area contributed by atoms with Crippen molar-refractivity contribution in [2.45, 2.75) is 0 Å². The SMILES string of the molecule is [Ca+2].[NH4+].[O-][Cl+2]([O-])[O-].[O-][Cl+2]([O-])[O-].[O-][Cl+2]([O-])[O-]. The molecule has 0 aliphatic carbocycles. The van der Waals surface area contributed by atoms with E-state index in [1.165, 1.54) is 0 Å². The molecule has 0 amide bonds. The average Bonchev–Trinajstić information content (AvgIpc) is 1.54. The third-order valence-electron chi connectivity index (χ3n) is 0. The van der Waals surface area contributed by atoms with E-state index in [0.29, 0.717) is 0 Å².